The molecular weight excluding hydrogens is 399 g/mol. The molecule has 0 bridgehead atoms. The molecule has 2 heterocycles. The van der Waals surface area contributed by atoms with Crippen LogP contribution in [0.5, 0.6) is 0 Å². The van der Waals surface area contributed by atoms with E-state index in [1.165, 1.54) is 41.2 Å². The maximum absolute atomic E-state index is 12.8. The summed E-state index contributed by atoms with van der Waals surface area (Å²) in [6.07, 6.45) is -2.05. The van der Waals surface area contributed by atoms with Crippen LogP contribution in [0, 0.1) is 0 Å². The highest BCUT2D eigenvalue weighted by Gasteiger charge is 2.30. The van der Waals surface area contributed by atoms with Crippen LogP contribution in [0.15, 0.2) is 53.1 Å². The second-order valence-electron chi connectivity index (χ2n) is 5.98. The van der Waals surface area contributed by atoms with Crippen molar-refractivity contribution in [3.8, 4) is 5.69 Å². The fourth-order valence-electron chi connectivity index (χ4n) is 2.37. The number of sulfone groups is 1. The molecule has 0 unspecified atom stereocenters. The van der Waals surface area contributed by atoms with Crippen molar-refractivity contribution in [2.75, 3.05) is 11.6 Å². The van der Waals surface area contributed by atoms with Crippen LogP contribution in [0.4, 0.5) is 19.0 Å². The average Bonchev–Trinajstić information content (AvgIpc) is 3.22. The van der Waals surface area contributed by atoms with Crippen LogP contribution < -0.4 is 5.32 Å². The molecule has 0 spiro atoms. The fourth-order valence-corrected chi connectivity index (χ4v) is 3.04. The zero-order valence-corrected chi connectivity index (χ0v) is 15.2. The lowest BCUT2D eigenvalue weighted by molar-refractivity contribution is -0.137. The highest BCUT2D eigenvalue weighted by Crippen LogP contribution is 2.30. The Hall–Kier alpha value is -3.08. The van der Waals surface area contributed by atoms with Crippen molar-refractivity contribution in [2.24, 2.45) is 0 Å². The summed E-state index contributed by atoms with van der Waals surface area (Å²) in [4.78, 5) is 12.2. The van der Waals surface area contributed by atoms with Crippen LogP contribution in [0.3, 0.4) is 0 Å². The summed E-state index contributed by atoms with van der Waals surface area (Å²) in [5.41, 5.74) is -0.649. The number of halogens is 3. The lowest BCUT2D eigenvalue weighted by Gasteiger charge is -2.08. The number of nitrogens with zero attached hydrogens (tertiary/aromatic N) is 2. The van der Waals surface area contributed by atoms with E-state index >= 15 is 0 Å². The first-order chi connectivity index (χ1) is 13.0. The molecule has 3 aromatic rings. The van der Waals surface area contributed by atoms with Gasteiger partial charge in [-0.15, -0.1) is 0 Å². The van der Waals surface area contributed by atoms with Crippen molar-refractivity contribution in [3.05, 3.63) is 65.7 Å². The summed E-state index contributed by atoms with van der Waals surface area (Å²) in [6.45, 7) is 0. The number of anilines is 1. The van der Waals surface area contributed by atoms with Crippen molar-refractivity contribution in [2.45, 2.75) is 11.9 Å². The number of nitrogens with one attached hydrogen (secondary N) is 1. The first kappa shape index (κ1) is 19.7. The summed E-state index contributed by atoms with van der Waals surface area (Å²) in [6, 6.07) is 8.67. The minimum absolute atomic E-state index is 0.0866. The largest absolute Gasteiger partial charge is 0.455 e. The van der Waals surface area contributed by atoms with Gasteiger partial charge in [0.1, 0.15) is 11.5 Å². The number of hydrogen-bond donors (Lipinski definition) is 1. The molecule has 11 heteroatoms. The van der Waals surface area contributed by atoms with Crippen molar-refractivity contribution in [1.29, 1.82) is 0 Å². The lowest BCUT2D eigenvalue weighted by Crippen LogP contribution is -2.12. The van der Waals surface area contributed by atoms with Crippen LogP contribution in [-0.4, -0.2) is 30.4 Å². The SMILES string of the molecule is CS(=O)(=O)Cc1ccc(C(=O)Nc2ccn(-c3cccc(C(F)(F)F)c3)n2)o1. The third-order valence-electron chi connectivity index (χ3n) is 3.56. The van der Waals surface area contributed by atoms with E-state index in [0.29, 0.717) is 0 Å². The van der Waals surface area contributed by atoms with Gasteiger partial charge in [0.05, 0.1) is 11.3 Å². The number of furan rings is 1. The molecule has 3 rings (SSSR count). The minimum Gasteiger partial charge on any atom is -0.455 e. The number of aromatic nitrogens is 2. The molecule has 0 atom stereocenters. The van der Waals surface area contributed by atoms with Gasteiger partial charge < -0.3 is 9.73 Å². The minimum atomic E-state index is -4.48. The maximum atomic E-state index is 12.8. The highest BCUT2D eigenvalue weighted by atomic mass is 32.2. The molecule has 7 nitrogen and oxygen atoms in total. The van der Waals surface area contributed by atoms with E-state index in [-0.39, 0.29) is 28.8 Å². The van der Waals surface area contributed by atoms with E-state index < -0.39 is 27.5 Å². The Labute approximate surface area is 157 Å². The molecule has 28 heavy (non-hydrogen) atoms. The summed E-state index contributed by atoms with van der Waals surface area (Å²) in [5, 5.41) is 6.45. The predicted octanol–water partition coefficient (Wildman–Crippen LogP) is 3.28. The van der Waals surface area contributed by atoms with Gasteiger partial charge in [0.2, 0.25) is 0 Å². The first-order valence-electron chi connectivity index (χ1n) is 7.82. The summed E-state index contributed by atoms with van der Waals surface area (Å²) in [7, 11) is -3.31. The Morgan fingerprint density at radius 2 is 1.96 bits per heavy atom. The van der Waals surface area contributed by atoms with Gasteiger partial charge in [0.15, 0.2) is 21.4 Å². The number of alkyl halides is 3. The predicted molar refractivity (Wildman–Crippen MR) is 93.8 cm³/mol. The zero-order valence-electron chi connectivity index (χ0n) is 14.4. The average molecular weight is 413 g/mol. The Morgan fingerprint density at radius 3 is 2.64 bits per heavy atom. The topological polar surface area (TPSA) is 94.2 Å². The molecule has 0 fully saturated rings. The maximum Gasteiger partial charge on any atom is 0.416 e. The number of hydrogen-bond acceptors (Lipinski definition) is 5. The van der Waals surface area contributed by atoms with Gasteiger partial charge in [-0.1, -0.05) is 6.07 Å². The van der Waals surface area contributed by atoms with E-state index in [0.717, 1.165) is 18.4 Å². The molecule has 1 aromatic carbocycles. The van der Waals surface area contributed by atoms with E-state index in [1.807, 2.05) is 0 Å². The standard InChI is InChI=1S/C17H14F3N3O4S/c1-28(25,26)10-13-5-6-14(27-13)16(24)21-15-7-8-23(22-15)12-4-2-3-11(9-12)17(18,19)20/h2-9H,10H2,1H3,(H,21,22,24). The van der Waals surface area contributed by atoms with Gasteiger partial charge in [-0.25, -0.2) is 13.1 Å². The number of amides is 1. The van der Waals surface area contributed by atoms with E-state index in [1.54, 1.807) is 0 Å². The Kier molecular flexibility index (Phi) is 5.02. The second kappa shape index (κ2) is 7.15. The van der Waals surface area contributed by atoms with E-state index in [4.69, 9.17) is 4.42 Å². The van der Waals surface area contributed by atoms with E-state index in [9.17, 15) is 26.4 Å². The lowest BCUT2D eigenvalue weighted by atomic mass is 10.2. The smallest absolute Gasteiger partial charge is 0.416 e. The van der Waals surface area contributed by atoms with Gasteiger partial charge in [-0.05, 0) is 30.3 Å². The Bertz CT molecular complexity index is 1120. The molecule has 148 valence electrons. The molecule has 0 aliphatic carbocycles. The molecule has 0 saturated heterocycles. The van der Waals surface area contributed by atoms with Crippen molar-refractivity contribution in [3.63, 3.8) is 0 Å². The second-order valence-corrected chi connectivity index (χ2v) is 8.12. The van der Waals surface area contributed by atoms with Gasteiger partial charge in [0.25, 0.3) is 5.91 Å². The monoisotopic (exact) mass is 413 g/mol. The molecule has 0 aliphatic rings. The molecule has 0 saturated carbocycles. The number of rotatable bonds is 5. The first-order valence-corrected chi connectivity index (χ1v) is 9.88. The third kappa shape index (κ3) is 4.80. The number of carbonyl (C=O) groups excluding carboxylic acids is 1. The van der Waals surface area contributed by atoms with Crippen LogP contribution in [0.1, 0.15) is 21.9 Å². The number of carbonyl (C=O) groups is 1. The third-order valence-corrected chi connectivity index (χ3v) is 4.37. The fraction of sp³-hybridized carbons (Fsp3) is 0.176. The normalized spacial score (nSPS) is 12.1. The molecule has 1 N–H and O–H groups in total. The van der Waals surface area contributed by atoms with Crippen LogP contribution in [-0.2, 0) is 21.8 Å². The zero-order chi connectivity index (χ0) is 20.5. The van der Waals surface area contributed by atoms with Gasteiger partial charge >= 0.3 is 6.18 Å². The summed E-state index contributed by atoms with van der Waals surface area (Å²) in [5.74, 6) is -0.934. The number of benzene rings is 1. The molecular formula is C17H14F3N3O4S. The van der Waals surface area contributed by atoms with Gasteiger partial charge in [-0.3, -0.25) is 4.79 Å². The van der Waals surface area contributed by atoms with Gasteiger partial charge in [0, 0.05) is 18.5 Å². The van der Waals surface area contributed by atoms with E-state index in [2.05, 4.69) is 10.4 Å². The van der Waals surface area contributed by atoms with Gasteiger partial charge in [-0.2, -0.15) is 18.3 Å². The highest BCUT2D eigenvalue weighted by molar-refractivity contribution is 7.89. The quantitative estimate of drug-likeness (QED) is 0.693. The molecule has 2 aromatic heterocycles. The molecule has 0 radical (unpaired) electrons. The summed E-state index contributed by atoms with van der Waals surface area (Å²) >= 11 is 0. The van der Waals surface area contributed by atoms with Crippen LogP contribution >= 0.6 is 0 Å². The Balaban J connectivity index is 1.74. The van der Waals surface area contributed by atoms with Crippen LogP contribution in [0.25, 0.3) is 5.69 Å². The van der Waals surface area contributed by atoms with Crippen molar-refractivity contribution < 1.29 is 30.8 Å². The summed E-state index contributed by atoms with van der Waals surface area (Å²) < 4.78 is 67.3. The Morgan fingerprint density at radius 1 is 1.21 bits per heavy atom. The van der Waals surface area contributed by atoms with Crippen molar-refractivity contribution in [1.82, 2.24) is 9.78 Å². The van der Waals surface area contributed by atoms with Crippen LogP contribution in [0.2, 0.25) is 0 Å². The molecule has 1 amide bonds. The molecule has 0 aliphatic heterocycles. The van der Waals surface area contributed by atoms with Crippen molar-refractivity contribution >= 4 is 21.6 Å².